The summed E-state index contributed by atoms with van der Waals surface area (Å²) in [5, 5.41) is 9.32. The van der Waals surface area contributed by atoms with Gasteiger partial charge in [-0.15, -0.1) is 0 Å². The molecule has 9 heteroatoms. The molecule has 0 atom stereocenters. The van der Waals surface area contributed by atoms with Gasteiger partial charge in [0.1, 0.15) is 18.0 Å². The summed E-state index contributed by atoms with van der Waals surface area (Å²) in [6.45, 7) is 1.92. The van der Waals surface area contributed by atoms with Crippen LogP contribution in [0.1, 0.15) is 23.7 Å². The normalized spacial score (nSPS) is 10.4. The molecule has 0 unspecified atom stereocenters. The minimum Gasteiger partial charge on any atom is -0.497 e. The van der Waals surface area contributed by atoms with Crippen LogP contribution in [0.3, 0.4) is 0 Å². The number of amides is 1. The van der Waals surface area contributed by atoms with E-state index < -0.39 is 18.6 Å². The van der Waals surface area contributed by atoms with Crippen LogP contribution in [0.5, 0.6) is 23.0 Å². The zero-order chi connectivity index (χ0) is 25.9. The van der Waals surface area contributed by atoms with Crippen LogP contribution in [0.25, 0.3) is 0 Å². The number of benzene rings is 2. The van der Waals surface area contributed by atoms with Gasteiger partial charge in [0.2, 0.25) is 0 Å². The van der Waals surface area contributed by atoms with Crippen LogP contribution in [0.4, 0.5) is 4.79 Å². The molecular formula is C27H30N2O7. The third kappa shape index (κ3) is 7.63. The van der Waals surface area contributed by atoms with Crippen LogP contribution in [-0.2, 0) is 24.2 Å². The van der Waals surface area contributed by atoms with Gasteiger partial charge in [-0.2, -0.15) is 0 Å². The van der Waals surface area contributed by atoms with Gasteiger partial charge in [-0.1, -0.05) is 19.1 Å². The molecule has 0 fully saturated rings. The molecule has 0 aliphatic heterocycles. The molecule has 1 heterocycles. The standard InChI is InChI=1S/C27H30N2O7/c1-4-19-5-7-21(28-16-19)13-14-35-25-15-20(6-12-24(25)34-3)17-29(18-26(30)31)27(32)36-23-10-8-22(33-2)9-11-23/h5-12,15-16H,4,13-14,17-18H2,1-3H3,(H,30,31). The van der Waals surface area contributed by atoms with Gasteiger partial charge in [-0.3, -0.25) is 14.7 Å². The number of aromatic nitrogens is 1. The lowest BCUT2D eigenvalue weighted by atomic mass is 10.2. The minimum atomic E-state index is -1.16. The summed E-state index contributed by atoms with van der Waals surface area (Å²) in [5.41, 5.74) is 2.74. The Labute approximate surface area is 210 Å². The van der Waals surface area contributed by atoms with Crippen molar-refractivity contribution in [3.8, 4) is 23.0 Å². The van der Waals surface area contributed by atoms with Crippen molar-refractivity contribution >= 4 is 12.1 Å². The first-order valence-corrected chi connectivity index (χ1v) is 11.5. The smallest absolute Gasteiger partial charge is 0.416 e. The van der Waals surface area contributed by atoms with Crippen molar-refractivity contribution in [2.24, 2.45) is 0 Å². The van der Waals surface area contributed by atoms with Gasteiger partial charge in [0.15, 0.2) is 11.5 Å². The van der Waals surface area contributed by atoms with Crippen LogP contribution in [0.2, 0.25) is 0 Å². The number of carbonyl (C=O) groups excluding carboxylic acids is 1. The van der Waals surface area contributed by atoms with Crippen molar-refractivity contribution in [3.63, 3.8) is 0 Å². The number of hydrogen-bond acceptors (Lipinski definition) is 7. The first kappa shape index (κ1) is 26.3. The lowest BCUT2D eigenvalue weighted by Crippen LogP contribution is -2.37. The molecule has 0 aliphatic carbocycles. The second kappa shape index (κ2) is 13.0. The molecule has 2 aromatic carbocycles. The number of carboxylic acid groups (broad SMARTS) is 1. The lowest BCUT2D eigenvalue weighted by Gasteiger charge is -2.21. The zero-order valence-corrected chi connectivity index (χ0v) is 20.6. The van der Waals surface area contributed by atoms with E-state index in [0.717, 1.165) is 17.0 Å². The minimum absolute atomic E-state index is 0.00166. The summed E-state index contributed by atoms with van der Waals surface area (Å²) < 4.78 is 21.8. The number of carbonyl (C=O) groups is 2. The number of carboxylic acids is 1. The number of aryl methyl sites for hydroxylation is 1. The predicted octanol–water partition coefficient (Wildman–Crippen LogP) is 4.37. The topological polar surface area (TPSA) is 107 Å². The highest BCUT2D eigenvalue weighted by Crippen LogP contribution is 2.29. The fraction of sp³-hybridized carbons (Fsp3) is 0.296. The monoisotopic (exact) mass is 494 g/mol. The first-order valence-electron chi connectivity index (χ1n) is 11.5. The Morgan fingerprint density at radius 1 is 0.917 bits per heavy atom. The maximum absolute atomic E-state index is 12.7. The molecule has 0 saturated carbocycles. The molecule has 190 valence electrons. The largest absolute Gasteiger partial charge is 0.497 e. The van der Waals surface area contributed by atoms with E-state index >= 15 is 0 Å². The fourth-order valence-electron chi connectivity index (χ4n) is 3.39. The average Bonchev–Trinajstić information content (AvgIpc) is 2.89. The van der Waals surface area contributed by atoms with E-state index in [1.165, 1.54) is 19.8 Å². The molecule has 3 aromatic rings. The summed E-state index contributed by atoms with van der Waals surface area (Å²) in [5.74, 6) is 0.734. The maximum atomic E-state index is 12.7. The third-order valence-electron chi connectivity index (χ3n) is 5.36. The summed E-state index contributed by atoms with van der Waals surface area (Å²) in [7, 11) is 3.07. The molecule has 1 amide bonds. The van der Waals surface area contributed by atoms with Crippen molar-refractivity contribution in [1.82, 2.24) is 9.88 Å². The number of rotatable bonds is 12. The highest BCUT2D eigenvalue weighted by molar-refractivity contribution is 5.78. The van der Waals surface area contributed by atoms with E-state index in [0.29, 0.717) is 35.8 Å². The Bertz CT molecular complexity index is 1150. The van der Waals surface area contributed by atoms with Crippen molar-refractivity contribution in [2.45, 2.75) is 26.3 Å². The first-order chi connectivity index (χ1) is 17.4. The van der Waals surface area contributed by atoms with Gasteiger partial charge in [-0.25, -0.2) is 4.79 Å². The molecule has 0 radical (unpaired) electrons. The fourth-order valence-corrected chi connectivity index (χ4v) is 3.39. The summed E-state index contributed by atoms with van der Waals surface area (Å²) in [6, 6.07) is 15.6. The van der Waals surface area contributed by atoms with Crippen LogP contribution < -0.4 is 18.9 Å². The molecule has 1 N–H and O–H groups in total. The van der Waals surface area contributed by atoms with Gasteiger partial charge in [0, 0.05) is 24.9 Å². The zero-order valence-electron chi connectivity index (χ0n) is 20.6. The maximum Gasteiger partial charge on any atom is 0.416 e. The van der Waals surface area contributed by atoms with E-state index in [2.05, 4.69) is 11.9 Å². The van der Waals surface area contributed by atoms with E-state index in [1.54, 1.807) is 42.5 Å². The van der Waals surface area contributed by atoms with Crippen LogP contribution >= 0.6 is 0 Å². The Morgan fingerprint density at radius 2 is 1.64 bits per heavy atom. The average molecular weight is 495 g/mol. The van der Waals surface area contributed by atoms with Crippen molar-refractivity contribution in [2.75, 3.05) is 27.4 Å². The Balaban J connectivity index is 1.68. The number of hydrogen-bond donors (Lipinski definition) is 1. The van der Waals surface area contributed by atoms with Crippen molar-refractivity contribution in [1.29, 1.82) is 0 Å². The van der Waals surface area contributed by atoms with Gasteiger partial charge < -0.3 is 24.1 Å². The van der Waals surface area contributed by atoms with Crippen LogP contribution in [0, 0.1) is 0 Å². The molecule has 3 rings (SSSR count). The quantitative estimate of drug-likeness (QED) is 0.396. The Morgan fingerprint density at radius 3 is 2.25 bits per heavy atom. The van der Waals surface area contributed by atoms with Gasteiger partial charge in [0.05, 0.1) is 20.8 Å². The number of methoxy groups -OCH3 is 2. The highest BCUT2D eigenvalue weighted by Gasteiger charge is 2.20. The molecule has 0 bridgehead atoms. The Kier molecular flexibility index (Phi) is 9.50. The molecule has 0 spiro atoms. The summed E-state index contributed by atoms with van der Waals surface area (Å²) in [6.07, 6.45) is 2.61. The van der Waals surface area contributed by atoms with E-state index in [9.17, 15) is 14.7 Å². The van der Waals surface area contributed by atoms with E-state index in [-0.39, 0.29) is 12.3 Å². The molecule has 9 nitrogen and oxygen atoms in total. The lowest BCUT2D eigenvalue weighted by molar-refractivity contribution is -0.138. The molecule has 0 saturated heterocycles. The number of nitrogens with zero attached hydrogens (tertiary/aromatic N) is 2. The molecule has 36 heavy (non-hydrogen) atoms. The van der Waals surface area contributed by atoms with E-state index in [4.69, 9.17) is 18.9 Å². The number of aliphatic carboxylic acids is 1. The van der Waals surface area contributed by atoms with Crippen molar-refractivity contribution in [3.05, 3.63) is 77.6 Å². The second-order valence-electron chi connectivity index (χ2n) is 7.89. The molecule has 1 aromatic heterocycles. The Hall–Kier alpha value is -4.27. The molecular weight excluding hydrogens is 464 g/mol. The van der Waals surface area contributed by atoms with Crippen LogP contribution in [0.15, 0.2) is 60.8 Å². The highest BCUT2D eigenvalue weighted by atomic mass is 16.6. The summed E-state index contributed by atoms with van der Waals surface area (Å²) >= 11 is 0. The second-order valence-corrected chi connectivity index (χ2v) is 7.89. The van der Waals surface area contributed by atoms with Gasteiger partial charge in [-0.05, 0) is 60.0 Å². The number of pyridine rings is 1. The SMILES string of the molecule is CCc1ccc(CCOc2cc(CN(CC(=O)O)C(=O)Oc3ccc(OC)cc3)ccc2OC)nc1. The van der Waals surface area contributed by atoms with Gasteiger partial charge >= 0.3 is 12.1 Å². The van der Waals surface area contributed by atoms with Gasteiger partial charge in [0.25, 0.3) is 0 Å². The third-order valence-corrected chi connectivity index (χ3v) is 5.36. The van der Waals surface area contributed by atoms with Crippen molar-refractivity contribution < 1.29 is 33.6 Å². The predicted molar refractivity (Wildman–Crippen MR) is 133 cm³/mol. The molecule has 0 aliphatic rings. The van der Waals surface area contributed by atoms with E-state index in [1.807, 2.05) is 18.3 Å². The van der Waals surface area contributed by atoms with Crippen LogP contribution in [-0.4, -0.2) is 54.4 Å². The number of ether oxygens (including phenoxy) is 4. The summed E-state index contributed by atoms with van der Waals surface area (Å²) in [4.78, 5) is 29.7.